The SMILES string of the molecule is Cc1nc2ccc(-c3ccc4c(c3)CN(c3nc(CCCCF)nc5c3CC(C)(C)CC5)CCO4)cc2[nH]1. The molecule has 38 heavy (non-hydrogen) atoms. The molecule has 0 unspecified atom stereocenters. The highest BCUT2D eigenvalue weighted by atomic mass is 19.1. The second-order valence-electron chi connectivity index (χ2n) is 11.5. The second kappa shape index (κ2) is 10.0. The lowest BCUT2D eigenvalue weighted by Crippen LogP contribution is -2.32. The van der Waals surface area contributed by atoms with Crippen LogP contribution in [0, 0.1) is 12.3 Å². The molecule has 2 aliphatic rings. The first-order valence-corrected chi connectivity index (χ1v) is 13.8. The van der Waals surface area contributed by atoms with Crippen molar-refractivity contribution in [2.45, 2.75) is 65.8 Å². The largest absolute Gasteiger partial charge is 0.491 e. The third-order valence-corrected chi connectivity index (χ3v) is 7.87. The molecule has 0 bridgehead atoms. The lowest BCUT2D eigenvalue weighted by atomic mass is 9.76. The first kappa shape index (κ1) is 24.8. The molecule has 1 N–H and O–H groups in total. The Labute approximate surface area is 223 Å². The normalized spacial score (nSPS) is 16.6. The summed E-state index contributed by atoms with van der Waals surface area (Å²) in [5, 5.41) is 0. The number of unbranched alkanes of at least 4 members (excludes halogenated alkanes) is 1. The van der Waals surface area contributed by atoms with Crippen molar-refractivity contribution in [3.05, 3.63) is 64.9 Å². The van der Waals surface area contributed by atoms with Gasteiger partial charge in [0.15, 0.2) is 0 Å². The van der Waals surface area contributed by atoms with Crippen LogP contribution >= 0.6 is 0 Å². The maximum Gasteiger partial charge on any atom is 0.136 e. The van der Waals surface area contributed by atoms with E-state index in [1.54, 1.807) is 0 Å². The van der Waals surface area contributed by atoms with Gasteiger partial charge in [-0.15, -0.1) is 0 Å². The molecule has 6 nitrogen and oxygen atoms in total. The van der Waals surface area contributed by atoms with E-state index in [-0.39, 0.29) is 12.1 Å². The van der Waals surface area contributed by atoms with Crippen LogP contribution < -0.4 is 9.64 Å². The zero-order valence-electron chi connectivity index (χ0n) is 22.6. The lowest BCUT2D eigenvalue weighted by molar-refractivity contribution is 0.310. The summed E-state index contributed by atoms with van der Waals surface area (Å²) in [5.74, 6) is 3.73. The van der Waals surface area contributed by atoms with E-state index < -0.39 is 0 Å². The van der Waals surface area contributed by atoms with Crippen LogP contribution in [0.5, 0.6) is 5.75 Å². The van der Waals surface area contributed by atoms with Crippen molar-refractivity contribution >= 4 is 16.9 Å². The highest BCUT2D eigenvalue weighted by Crippen LogP contribution is 2.39. The van der Waals surface area contributed by atoms with Crippen LogP contribution in [0.4, 0.5) is 10.2 Å². The van der Waals surface area contributed by atoms with Crippen molar-refractivity contribution < 1.29 is 9.13 Å². The average molecular weight is 514 g/mol. The number of hydrogen-bond acceptors (Lipinski definition) is 5. The van der Waals surface area contributed by atoms with Crippen molar-refractivity contribution in [3.8, 4) is 16.9 Å². The number of anilines is 1. The Balaban J connectivity index is 1.36. The standard InChI is InChI=1S/C31H36FN5O/c1-20-33-26-9-7-22(17-27(26)34-20)21-8-10-28-23(16-21)19-37(14-15-38-28)30-24-18-31(2,3)12-11-25(24)35-29(36-30)6-4-5-13-32/h7-10,16-17H,4-6,11-15,18-19H2,1-3H3,(H,33,34). The summed E-state index contributed by atoms with van der Waals surface area (Å²) in [5.41, 5.74) is 8.15. The van der Waals surface area contributed by atoms with E-state index >= 15 is 0 Å². The molecule has 6 rings (SSSR count). The number of nitrogens with one attached hydrogen (secondary N) is 1. The molecule has 198 valence electrons. The van der Waals surface area contributed by atoms with Gasteiger partial charge in [0.2, 0.25) is 0 Å². The summed E-state index contributed by atoms with van der Waals surface area (Å²) in [7, 11) is 0. The molecule has 7 heteroatoms. The van der Waals surface area contributed by atoms with E-state index in [4.69, 9.17) is 14.7 Å². The number of hydrogen-bond donors (Lipinski definition) is 1. The maximum atomic E-state index is 12.8. The molecule has 0 saturated heterocycles. The summed E-state index contributed by atoms with van der Waals surface area (Å²) < 4.78 is 19.0. The maximum absolute atomic E-state index is 12.8. The average Bonchev–Trinajstić information content (AvgIpc) is 3.14. The number of ether oxygens (including phenoxy) is 1. The van der Waals surface area contributed by atoms with Crippen molar-refractivity contribution in [3.63, 3.8) is 0 Å². The van der Waals surface area contributed by atoms with Gasteiger partial charge in [-0.3, -0.25) is 4.39 Å². The van der Waals surface area contributed by atoms with Gasteiger partial charge in [-0.05, 0) is 79.8 Å². The molecule has 4 aromatic rings. The van der Waals surface area contributed by atoms with Gasteiger partial charge in [-0.2, -0.15) is 0 Å². The fourth-order valence-corrected chi connectivity index (χ4v) is 5.80. The molecule has 0 spiro atoms. The number of benzene rings is 2. The quantitative estimate of drug-likeness (QED) is 0.297. The molecule has 0 radical (unpaired) electrons. The van der Waals surface area contributed by atoms with Crippen molar-refractivity contribution in [1.82, 2.24) is 19.9 Å². The smallest absolute Gasteiger partial charge is 0.136 e. The molecular weight excluding hydrogens is 477 g/mol. The Kier molecular flexibility index (Phi) is 6.54. The number of aromatic amines is 1. The number of imidazole rings is 1. The number of fused-ring (bicyclic) bond motifs is 3. The summed E-state index contributed by atoms with van der Waals surface area (Å²) in [6.45, 7) is 8.44. The van der Waals surface area contributed by atoms with Crippen LogP contribution in [-0.4, -0.2) is 39.8 Å². The van der Waals surface area contributed by atoms with Gasteiger partial charge < -0.3 is 14.6 Å². The van der Waals surface area contributed by atoms with E-state index in [9.17, 15) is 4.39 Å². The molecule has 2 aromatic heterocycles. The first-order valence-electron chi connectivity index (χ1n) is 13.8. The monoisotopic (exact) mass is 513 g/mol. The number of halogens is 1. The molecular formula is C31H36FN5O. The van der Waals surface area contributed by atoms with Crippen LogP contribution in [0.1, 0.15) is 61.6 Å². The van der Waals surface area contributed by atoms with E-state index in [0.717, 1.165) is 89.7 Å². The number of nitrogens with zero attached hydrogens (tertiary/aromatic N) is 4. The molecule has 3 heterocycles. The van der Waals surface area contributed by atoms with E-state index in [1.807, 2.05) is 6.92 Å². The molecule has 1 aliphatic heterocycles. The minimum absolute atomic E-state index is 0.220. The molecule has 2 aromatic carbocycles. The van der Waals surface area contributed by atoms with Gasteiger partial charge >= 0.3 is 0 Å². The van der Waals surface area contributed by atoms with E-state index in [2.05, 4.69) is 65.1 Å². The zero-order valence-corrected chi connectivity index (χ0v) is 22.6. The van der Waals surface area contributed by atoms with Crippen LogP contribution in [0.2, 0.25) is 0 Å². The van der Waals surface area contributed by atoms with Crippen LogP contribution in [-0.2, 0) is 25.8 Å². The van der Waals surface area contributed by atoms with Gasteiger partial charge in [0.05, 0.1) is 24.3 Å². The molecule has 0 fully saturated rings. The summed E-state index contributed by atoms with van der Waals surface area (Å²) in [6.07, 6.45) is 5.10. The van der Waals surface area contributed by atoms with Crippen molar-refractivity contribution in [1.29, 1.82) is 0 Å². The lowest BCUT2D eigenvalue weighted by Gasteiger charge is -2.34. The van der Waals surface area contributed by atoms with E-state index in [1.165, 1.54) is 11.3 Å². The minimum Gasteiger partial charge on any atom is -0.491 e. The second-order valence-corrected chi connectivity index (χ2v) is 11.5. The van der Waals surface area contributed by atoms with Crippen LogP contribution in [0.25, 0.3) is 22.2 Å². The fraction of sp³-hybridized carbons (Fsp3) is 0.452. The Morgan fingerprint density at radius 2 is 1.89 bits per heavy atom. The van der Waals surface area contributed by atoms with Crippen molar-refractivity contribution in [2.75, 3.05) is 24.7 Å². The predicted molar refractivity (Wildman–Crippen MR) is 150 cm³/mol. The highest BCUT2D eigenvalue weighted by Gasteiger charge is 2.31. The van der Waals surface area contributed by atoms with Gasteiger partial charge in [-0.25, -0.2) is 15.0 Å². The van der Waals surface area contributed by atoms with Gasteiger partial charge in [0.1, 0.15) is 29.8 Å². The topological polar surface area (TPSA) is 66.9 Å². The Bertz CT molecular complexity index is 1480. The highest BCUT2D eigenvalue weighted by molar-refractivity contribution is 5.82. The van der Waals surface area contributed by atoms with Crippen LogP contribution in [0.15, 0.2) is 36.4 Å². The molecule has 0 saturated carbocycles. The van der Waals surface area contributed by atoms with Crippen molar-refractivity contribution in [2.24, 2.45) is 5.41 Å². The number of aromatic nitrogens is 4. The number of alkyl halides is 1. The Morgan fingerprint density at radius 1 is 1.05 bits per heavy atom. The Hall–Kier alpha value is -3.48. The number of rotatable bonds is 6. The predicted octanol–water partition coefficient (Wildman–Crippen LogP) is 6.53. The summed E-state index contributed by atoms with van der Waals surface area (Å²) in [4.78, 5) is 20.3. The fourth-order valence-electron chi connectivity index (χ4n) is 5.80. The van der Waals surface area contributed by atoms with Gasteiger partial charge in [-0.1, -0.05) is 26.0 Å². The Morgan fingerprint density at radius 3 is 2.76 bits per heavy atom. The zero-order chi connectivity index (χ0) is 26.3. The third-order valence-electron chi connectivity index (χ3n) is 7.87. The molecule has 0 amide bonds. The molecule has 1 aliphatic carbocycles. The number of H-pyrrole nitrogens is 1. The summed E-state index contributed by atoms with van der Waals surface area (Å²) >= 11 is 0. The van der Waals surface area contributed by atoms with Crippen LogP contribution in [0.3, 0.4) is 0 Å². The van der Waals surface area contributed by atoms with Gasteiger partial charge in [0.25, 0.3) is 0 Å². The third kappa shape index (κ3) is 4.98. The van der Waals surface area contributed by atoms with E-state index in [0.29, 0.717) is 19.4 Å². The molecule has 0 atom stereocenters. The first-order chi connectivity index (χ1) is 18.4. The number of aryl methyl sites for hydroxylation is 3. The summed E-state index contributed by atoms with van der Waals surface area (Å²) in [6, 6.07) is 12.8. The van der Waals surface area contributed by atoms with Gasteiger partial charge in [0, 0.05) is 29.8 Å². The minimum atomic E-state index is -0.290.